The third kappa shape index (κ3) is 5.45. The van der Waals surface area contributed by atoms with Crippen LogP contribution in [0.25, 0.3) is 12.2 Å². The van der Waals surface area contributed by atoms with Crippen LogP contribution in [0.4, 0.5) is 0 Å². The minimum atomic E-state index is -0.728. The summed E-state index contributed by atoms with van der Waals surface area (Å²) in [7, 11) is 0. The molecular weight excluding hydrogens is 342 g/mol. The van der Waals surface area contributed by atoms with Crippen molar-refractivity contribution >= 4 is 34.1 Å². The topological polar surface area (TPSA) is 41.2 Å². The van der Waals surface area contributed by atoms with E-state index < -0.39 is 5.97 Å². The average Bonchev–Trinajstić information content (AvgIpc) is 2.52. The van der Waals surface area contributed by atoms with Gasteiger partial charge in [-0.25, -0.2) is 0 Å². The summed E-state index contributed by atoms with van der Waals surface area (Å²) in [6.07, 6.45) is 7.99. The highest BCUT2D eigenvalue weighted by Gasteiger charge is 2.06. The van der Waals surface area contributed by atoms with Crippen LogP contribution >= 0.6 is 15.9 Å². The number of carbonyl (C=O) groups is 1. The fourth-order valence-electron chi connectivity index (χ4n) is 2.16. The fraction of sp³-hybridized carbons (Fsp3) is 0.222. The molecule has 2 rings (SSSR count). The van der Waals surface area contributed by atoms with Crippen LogP contribution in [0.3, 0.4) is 0 Å². The Labute approximate surface area is 139 Å². The van der Waals surface area contributed by atoms with Crippen molar-refractivity contribution in [2.75, 3.05) is 0 Å². The lowest BCUT2D eigenvalue weighted by molar-refractivity contribution is -0.699. The van der Waals surface area contributed by atoms with Crippen molar-refractivity contribution < 1.29 is 14.5 Å². The predicted octanol–water partition coefficient (Wildman–Crippen LogP) is 4.16. The first-order valence-electron chi connectivity index (χ1n) is 7.29. The minimum Gasteiger partial charge on any atom is -0.481 e. The van der Waals surface area contributed by atoms with Crippen LogP contribution in [0.5, 0.6) is 0 Å². The molecule has 1 aromatic heterocycles. The Kier molecular flexibility index (Phi) is 6.34. The molecule has 0 saturated carbocycles. The van der Waals surface area contributed by atoms with Gasteiger partial charge in [0.25, 0.3) is 0 Å². The molecule has 0 radical (unpaired) electrons. The number of hydrogen-bond donors (Lipinski definition) is 1. The van der Waals surface area contributed by atoms with Crippen molar-refractivity contribution in [1.82, 2.24) is 0 Å². The van der Waals surface area contributed by atoms with Crippen LogP contribution in [-0.4, -0.2) is 11.1 Å². The first-order valence-corrected chi connectivity index (χ1v) is 8.08. The number of hydrogen-bond acceptors (Lipinski definition) is 1. The summed E-state index contributed by atoms with van der Waals surface area (Å²) in [5, 5.41) is 8.67. The molecule has 0 aliphatic carbocycles. The number of halogens is 1. The number of aliphatic carboxylic acids is 1. The van der Waals surface area contributed by atoms with E-state index in [1.165, 1.54) is 0 Å². The smallest absolute Gasteiger partial charge is 0.303 e. The van der Waals surface area contributed by atoms with E-state index in [9.17, 15) is 4.79 Å². The monoisotopic (exact) mass is 360 g/mol. The van der Waals surface area contributed by atoms with Gasteiger partial charge in [-0.1, -0.05) is 28.1 Å². The molecule has 0 atom stereocenters. The van der Waals surface area contributed by atoms with Crippen molar-refractivity contribution in [3.05, 3.63) is 64.4 Å². The molecule has 0 aliphatic rings. The summed E-state index contributed by atoms with van der Waals surface area (Å²) in [5.74, 6) is -0.728. The normalized spacial score (nSPS) is 11.0. The molecule has 0 aliphatic heterocycles. The number of pyridine rings is 1. The van der Waals surface area contributed by atoms with Crippen LogP contribution in [0.2, 0.25) is 0 Å². The highest BCUT2D eigenvalue weighted by molar-refractivity contribution is 9.10. The van der Waals surface area contributed by atoms with E-state index in [-0.39, 0.29) is 6.42 Å². The predicted molar refractivity (Wildman–Crippen MR) is 91.2 cm³/mol. The number of nitrogens with zero attached hydrogens (tertiary/aromatic N) is 1. The first-order chi connectivity index (χ1) is 10.6. The van der Waals surface area contributed by atoms with Gasteiger partial charge in [0.2, 0.25) is 5.69 Å². The Balaban J connectivity index is 2.01. The van der Waals surface area contributed by atoms with Crippen molar-refractivity contribution in [1.29, 1.82) is 0 Å². The van der Waals surface area contributed by atoms with Gasteiger partial charge in [-0.05, 0) is 36.3 Å². The van der Waals surface area contributed by atoms with Gasteiger partial charge in [0.05, 0.1) is 0 Å². The first kappa shape index (κ1) is 16.4. The third-order valence-corrected chi connectivity index (χ3v) is 3.86. The van der Waals surface area contributed by atoms with Crippen molar-refractivity contribution in [2.45, 2.75) is 25.8 Å². The van der Waals surface area contributed by atoms with E-state index in [1.54, 1.807) is 0 Å². The van der Waals surface area contributed by atoms with Gasteiger partial charge in [-0.15, -0.1) is 0 Å². The Morgan fingerprint density at radius 3 is 2.59 bits per heavy atom. The summed E-state index contributed by atoms with van der Waals surface area (Å²) in [6.45, 7) is 0.828. The largest absolute Gasteiger partial charge is 0.481 e. The van der Waals surface area contributed by atoms with E-state index in [0.717, 1.165) is 28.7 Å². The van der Waals surface area contributed by atoms with Gasteiger partial charge >= 0.3 is 5.97 Å². The molecule has 0 fully saturated rings. The zero-order valence-corrected chi connectivity index (χ0v) is 13.9. The van der Waals surface area contributed by atoms with Crippen molar-refractivity contribution in [3.8, 4) is 0 Å². The highest BCUT2D eigenvalue weighted by Crippen LogP contribution is 2.12. The second-order valence-electron chi connectivity index (χ2n) is 5.05. The number of aryl methyl sites for hydroxylation is 1. The molecule has 1 N–H and O–H groups in total. The molecule has 0 amide bonds. The molecule has 0 bridgehead atoms. The van der Waals surface area contributed by atoms with Crippen LogP contribution in [0.1, 0.15) is 30.5 Å². The fourth-order valence-corrected chi connectivity index (χ4v) is 2.42. The number of aromatic nitrogens is 1. The Morgan fingerprint density at radius 1 is 1.09 bits per heavy atom. The van der Waals surface area contributed by atoms with E-state index in [0.29, 0.717) is 6.42 Å². The summed E-state index contributed by atoms with van der Waals surface area (Å²) in [6, 6.07) is 14.2. The molecular formula is C18H19BrNO2+. The molecule has 1 aromatic carbocycles. The molecule has 22 heavy (non-hydrogen) atoms. The van der Waals surface area contributed by atoms with Gasteiger partial charge in [0.1, 0.15) is 6.54 Å². The summed E-state index contributed by atoms with van der Waals surface area (Å²) in [5.41, 5.74) is 2.25. The lowest BCUT2D eigenvalue weighted by Crippen LogP contribution is -2.36. The maximum atomic E-state index is 10.5. The van der Waals surface area contributed by atoms with Gasteiger partial charge in [-0.2, -0.15) is 4.57 Å². The van der Waals surface area contributed by atoms with Crippen LogP contribution in [0, 0.1) is 0 Å². The van der Waals surface area contributed by atoms with E-state index in [4.69, 9.17) is 5.11 Å². The maximum absolute atomic E-state index is 10.5. The van der Waals surface area contributed by atoms with E-state index in [1.807, 2.05) is 30.5 Å². The van der Waals surface area contributed by atoms with Gasteiger partial charge in [-0.3, -0.25) is 4.79 Å². The minimum absolute atomic E-state index is 0.234. The quantitative estimate of drug-likeness (QED) is 0.594. The lowest BCUT2D eigenvalue weighted by Gasteiger charge is -2.00. The molecule has 3 nitrogen and oxygen atoms in total. The Bertz CT molecular complexity index is 650. The SMILES string of the molecule is O=C(O)CCCC[n+]1ccccc1/C=C/c1ccc(Br)cc1. The Hall–Kier alpha value is -1.94. The van der Waals surface area contributed by atoms with E-state index in [2.05, 4.69) is 50.8 Å². The highest BCUT2D eigenvalue weighted by atomic mass is 79.9. The van der Waals surface area contributed by atoms with E-state index >= 15 is 0 Å². The number of rotatable bonds is 7. The molecule has 0 spiro atoms. The van der Waals surface area contributed by atoms with Crippen LogP contribution < -0.4 is 4.57 Å². The standard InChI is InChI=1S/C18H18BrNO2/c19-16-10-7-15(8-11-16)9-12-17-5-1-3-13-20(17)14-4-2-6-18(21)22/h1,3,5,7-13H,2,4,6,14H2/p+1/b12-9+. The number of benzene rings is 1. The molecule has 4 heteroatoms. The molecule has 2 aromatic rings. The van der Waals surface area contributed by atoms with Gasteiger partial charge < -0.3 is 5.11 Å². The maximum Gasteiger partial charge on any atom is 0.303 e. The summed E-state index contributed by atoms with van der Waals surface area (Å²) < 4.78 is 3.22. The zero-order chi connectivity index (χ0) is 15.8. The van der Waals surface area contributed by atoms with Crippen molar-refractivity contribution in [2.24, 2.45) is 0 Å². The second-order valence-corrected chi connectivity index (χ2v) is 5.97. The lowest BCUT2D eigenvalue weighted by atomic mass is 10.2. The molecule has 0 unspecified atom stereocenters. The summed E-state index contributed by atoms with van der Waals surface area (Å²) in [4.78, 5) is 10.5. The van der Waals surface area contributed by atoms with Crippen molar-refractivity contribution in [3.63, 3.8) is 0 Å². The molecule has 0 saturated heterocycles. The van der Waals surface area contributed by atoms with Gasteiger partial charge in [0, 0.05) is 35.5 Å². The number of carboxylic acid groups (broad SMARTS) is 1. The zero-order valence-electron chi connectivity index (χ0n) is 12.3. The number of carboxylic acids is 1. The molecule has 1 heterocycles. The summed E-state index contributed by atoms with van der Waals surface area (Å²) >= 11 is 3.43. The van der Waals surface area contributed by atoms with Crippen LogP contribution in [-0.2, 0) is 11.3 Å². The van der Waals surface area contributed by atoms with Crippen LogP contribution in [0.15, 0.2) is 53.1 Å². The molecule has 114 valence electrons. The Morgan fingerprint density at radius 2 is 1.86 bits per heavy atom. The third-order valence-electron chi connectivity index (χ3n) is 3.33. The second kappa shape index (κ2) is 8.49. The van der Waals surface area contributed by atoms with Gasteiger partial charge in [0.15, 0.2) is 6.20 Å². The average molecular weight is 361 g/mol. The number of unbranched alkanes of at least 4 members (excludes halogenated alkanes) is 1.